The van der Waals surface area contributed by atoms with E-state index in [0.717, 1.165) is 0 Å². The molecule has 0 bridgehead atoms. The SMILES string of the molecule is CSCC[C@@H](NC(=O)c1ccc(Cl)cc1)C(=O)OCCCC(=O)N1CCOCC1. The summed E-state index contributed by atoms with van der Waals surface area (Å²) in [5.41, 5.74) is 0.424. The number of nitrogens with zero attached hydrogens (tertiary/aromatic N) is 1. The van der Waals surface area contributed by atoms with Gasteiger partial charge in [0.1, 0.15) is 6.04 Å². The summed E-state index contributed by atoms with van der Waals surface area (Å²) in [7, 11) is 0. The number of amides is 2. The Morgan fingerprint density at radius 1 is 1.24 bits per heavy atom. The van der Waals surface area contributed by atoms with Gasteiger partial charge in [-0.15, -0.1) is 0 Å². The number of benzene rings is 1. The van der Waals surface area contributed by atoms with E-state index in [4.69, 9.17) is 21.1 Å². The lowest BCUT2D eigenvalue weighted by molar-refractivity contribution is -0.147. The fraction of sp³-hybridized carbons (Fsp3) is 0.550. The summed E-state index contributed by atoms with van der Waals surface area (Å²) >= 11 is 7.43. The molecular formula is C20H27ClN2O5S. The second-order valence-electron chi connectivity index (χ2n) is 6.58. The molecule has 9 heteroatoms. The zero-order chi connectivity index (χ0) is 21.1. The average Bonchev–Trinajstić information content (AvgIpc) is 2.74. The van der Waals surface area contributed by atoms with Crippen LogP contribution in [-0.2, 0) is 19.1 Å². The summed E-state index contributed by atoms with van der Waals surface area (Å²) < 4.78 is 10.5. The second-order valence-corrected chi connectivity index (χ2v) is 8.00. The van der Waals surface area contributed by atoms with Gasteiger partial charge in [-0.25, -0.2) is 4.79 Å². The minimum Gasteiger partial charge on any atom is -0.464 e. The quantitative estimate of drug-likeness (QED) is 0.442. The predicted molar refractivity (Wildman–Crippen MR) is 113 cm³/mol. The van der Waals surface area contributed by atoms with Crippen LogP contribution in [0.1, 0.15) is 29.6 Å². The van der Waals surface area contributed by atoms with E-state index in [1.54, 1.807) is 40.9 Å². The molecule has 29 heavy (non-hydrogen) atoms. The van der Waals surface area contributed by atoms with Crippen LogP contribution in [-0.4, -0.2) is 73.6 Å². The minimum atomic E-state index is -0.736. The third kappa shape index (κ3) is 8.24. The Morgan fingerprint density at radius 2 is 1.93 bits per heavy atom. The highest BCUT2D eigenvalue weighted by atomic mass is 35.5. The summed E-state index contributed by atoms with van der Waals surface area (Å²) in [6.07, 6.45) is 3.16. The third-order valence-corrected chi connectivity index (χ3v) is 5.35. The van der Waals surface area contributed by atoms with Gasteiger partial charge in [0.15, 0.2) is 0 Å². The van der Waals surface area contributed by atoms with Crippen LogP contribution in [0, 0.1) is 0 Å². The molecule has 1 aliphatic rings. The largest absolute Gasteiger partial charge is 0.464 e. The maximum Gasteiger partial charge on any atom is 0.328 e. The Kier molecular flexibility index (Phi) is 10.3. The van der Waals surface area contributed by atoms with E-state index in [-0.39, 0.29) is 18.4 Å². The first-order valence-electron chi connectivity index (χ1n) is 9.59. The minimum absolute atomic E-state index is 0.0410. The lowest BCUT2D eigenvalue weighted by Crippen LogP contribution is -2.42. The molecule has 1 atom stereocenters. The summed E-state index contributed by atoms with van der Waals surface area (Å²) in [6.45, 7) is 2.47. The van der Waals surface area contributed by atoms with E-state index < -0.39 is 12.0 Å². The van der Waals surface area contributed by atoms with Crippen LogP contribution in [0.2, 0.25) is 5.02 Å². The second kappa shape index (κ2) is 12.7. The summed E-state index contributed by atoms with van der Waals surface area (Å²) in [5, 5.41) is 3.26. The van der Waals surface area contributed by atoms with Gasteiger partial charge in [0, 0.05) is 30.1 Å². The topological polar surface area (TPSA) is 84.9 Å². The number of carbonyl (C=O) groups excluding carboxylic acids is 3. The van der Waals surface area contributed by atoms with E-state index in [1.807, 2.05) is 6.26 Å². The molecule has 7 nitrogen and oxygen atoms in total. The molecule has 2 amide bonds. The van der Waals surface area contributed by atoms with Gasteiger partial charge in [-0.3, -0.25) is 9.59 Å². The van der Waals surface area contributed by atoms with Gasteiger partial charge in [0.2, 0.25) is 5.91 Å². The van der Waals surface area contributed by atoms with E-state index >= 15 is 0 Å². The molecule has 1 heterocycles. The predicted octanol–water partition coefficient (Wildman–Crippen LogP) is 2.37. The molecule has 1 aromatic carbocycles. The Labute approximate surface area is 180 Å². The van der Waals surface area contributed by atoms with E-state index in [1.165, 1.54) is 0 Å². The van der Waals surface area contributed by atoms with Crippen molar-refractivity contribution in [2.75, 3.05) is 44.9 Å². The fourth-order valence-corrected chi connectivity index (χ4v) is 3.39. The molecular weight excluding hydrogens is 416 g/mol. The molecule has 0 spiro atoms. The Balaban J connectivity index is 1.78. The Morgan fingerprint density at radius 3 is 2.59 bits per heavy atom. The first-order chi connectivity index (χ1) is 14.0. The molecule has 160 valence electrons. The number of ether oxygens (including phenoxy) is 2. The standard InChI is InChI=1S/C20H27ClN2O5S/c1-29-14-8-17(22-19(25)15-4-6-16(21)7-5-15)20(26)28-11-2-3-18(24)23-9-12-27-13-10-23/h4-7,17H,2-3,8-14H2,1H3,(H,22,25)/t17-/m1/s1. The van der Waals surface area contributed by atoms with Gasteiger partial charge in [0.05, 0.1) is 19.8 Å². The number of hydrogen-bond acceptors (Lipinski definition) is 6. The van der Waals surface area contributed by atoms with Gasteiger partial charge in [-0.05, 0) is 49.1 Å². The number of thioether (sulfide) groups is 1. The molecule has 1 fully saturated rings. The van der Waals surface area contributed by atoms with Gasteiger partial charge in [0.25, 0.3) is 5.91 Å². The van der Waals surface area contributed by atoms with Crippen LogP contribution >= 0.6 is 23.4 Å². The highest BCUT2D eigenvalue weighted by Gasteiger charge is 2.23. The molecule has 1 aliphatic heterocycles. The van der Waals surface area contributed by atoms with Crippen molar-refractivity contribution in [2.45, 2.75) is 25.3 Å². The summed E-state index contributed by atoms with van der Waals surface area (Å²) in [5.74, 6) is -0.0948. The van der Waals surface area contributed by atoms with Crippen LogP contribution in [0.15, 0.2) is 24.3 Å². The molecule has 0 radical (unpaired) electrons. The molecule has 1 N–H and O–H groups in total. The summed E-state index contributed by atoms with van der Waals surface area (Å²) in [4.78, 5) is 38.7. The maximum absolute atomic E-state index is 12.4. The molecule has 0 aromatic heterocycles. The van der Waals surface area contributed by atoms with Gasteiger partial charge in [-0.2, -0.15) is 11.8 Å². The molecule has 0 aliphatic carbocycles. The molecule has 1 aromatic rings. The number of hydrogen-bond donors (Lipinski definition) is 1. The van der Waals surface area contributed by atoms with Crippen LogP contribution < -0.4 is 5.32 Å². The van der Waals surface area contributed by atoms with Crippen molar-refractivity contribution >= 4 is 41.1 Å². The van der Waals surface area contributed by atoms with E-state index in [2.05, 4.69) is 5.32 Å². The molecule has 0 unspecified atom stereocenters. The fourth-order valence-electron chi connectivity index (χ4n) is 2.80. The molecule has 2 rings (SSSR count). The van der Waals surface area contributed by atoms with Crippen LogP contribution in [0.25, 0.3) is 0 Å². The first-order valence-corrected chi connectivity index (χ1v) is 11.4. The van der Waals surface area contributed by atoms with Crippen molar-refractivity contribution in [2.24, 2.45) is 0 Å². The lowest BCUT2D eigenvalue weighted by atomic mass is 10.1. The number of carbonyl (C=O) groups is 3. The monoisotopic (exact) mass is 442 g/mol. The maximum atomic E-state index is 12.4. The highest BCUT2D eigenvalue weighted by molar-refractivity contribution is 7.98. The van der Waals surface area contributed by atoms with Crippen molar-refractivity contribution in [3.8, 4) is 0 Å². The van der Waals surface area contributed by atoms with Gasteiger partial charge < -0.3 is 19.7 Å². The van der Waals surface area contributed by atoms with Crippen molar-refractivity contribution in [1.29, 1.82) is 0 Å². The third-order valence-electron chi connectivity index (χ3n) is 4.45. The normalized spacial score (nSPS) is 14.9. The summed E-state index contributed by atoms with van der Waals surface area (Å²) in [6, 6.07) is 5.71. The van der Waals surface area contributed by atoms with Gasteiger partial charge >= 0.3 is 5.97 Å². The average molecular weight is 443 g/mol. The Bertz CT molecular complexity index is 680. The van der Waals surface area contributed by atoms with Gasteiger partial charge in [-0.1, -0.05) is 11.6 Å². The zero-order valence-corrected chi connectivity index (χ0v) is 18.1. The smallest absolute Gasteiger partial charge is 0.328 e. The zero-order valence-electron chi connectivity index (χ0n) is 16.5. The molecule has 0 saturated carbocycles. The van der Waals surface area contributed by atoms with Crippen LogP contribution in [0.3, 0.4) is 0 Å². The number of halogens is 1. The van der Waals surface area contributed by atoms with E-state index in [9.17, 15) is 14.4 Å². The van der Waals surface area contributed by atoms with Crippen molar-refractivity contribution in [3.05, 3.63) is 34.9 Å². The van der Waals surface area contributed by atoms with E-state index in [0.29, 0.717) is 61.9 Å². The first kappa shape index (κ1) is 23.5. The van der Waals surface area contributed by atoms with Crippen molar-refractivity contribution < 1.29 is 23.9 Å². The van der Waals surface area contributed by atoms with Crippen molar-refractivity contribution in [1.82, 2.24) is 10.2 Å². The number of morpholine rings is 1. The van der Waals surface area contributed by atoms with Crippen LogP contribution in [0.5, 0.6) is 0 Å². The number of esters is 1. The lowest BCUT2D eigenvalue weighted by Gasteiger charge is -2.26. The van der Waals surface area contributed by atoms with Crippen LogP contribution in [0.4, 0.5) is 0 Å². The highest BCUT2D eigenvalue weighted by Crippen LogP contribution is 2.11. The molecule has 1 saturated heterocycles. The number of rotatable bonds is 10. The number of nitrogens with one attached hydrogen (secondary N) is 1. The van der Waals surface area contributed by atoms with Crippen molar-refractivity contribution in [3.63, 3.8) is 0 Å². The Hall–Kier alpha value is -1.77.